The van der Waals surface area contributed by atoms with Gasteiger partial charge in [-0.15, -0.1) is 0 Å². The smallest absolute Gasteiger partial charge is 0.336 e. The summed E-state index contributed by atoms with van der Waals surface area (Å²) >= 11 is 0. The van der Waals surface area contributed by atoms with Crippen LogP contribution >= 0.6 is 0 Å². The van der Waals surface area contributed by atoms with Gasteiger partial charge in [-0.2, -0.15) is 0 Å². The third-order valence-electron chi connectivity index (χ3n) is 5.61. The Bertz CT molecular complexity index is 993. The van der Waals surface area contributed by atoms with Crippen LogP contribution in [0.15, 0.2) is 77.4 Å². The monoisotopic (exact) mass is 388 g/mol. The van der Waals surface area contributed by atoms with Crippen molar-refractivity contribution in [2.75, 3.05) is 6.61 Å². The molecule has 1 N–H and O–H groups in total. The molecule has 1 aliphatic heterocycles. The molecule has 2 heterocycles. The number of nitrogens with one attached hydrogen (secondary N) is 1. The van der Waals surface area contributed by atoms with Crippen LogP contribution < -0.4 is 5.32 Å². The highest BCUT2D eigenvalue weighted by molar-refractivity contribution is 6.04. The van der Waals surface area contributed by atoms with E-state index in [-0.39, 0.29) is 18.3 Å². The molecule has 0 amide bonds. The zero-order chi connectivity index (χ0) is 20.4. The van der Waals surface area contributed by atoms with Crippen molar-refractivity contribution in [1.82, 2.24) is 10.3 Å². The lowest BCUT2D eigenvalue weighted by Gasteiger charge is -2.36. The molecule has 1 aliphatic carbocycles. The van der Waals surface area contributed by atoms with Crippen LogP contribution in [0.3, 0.4) is 0 Å². The maximum absolute atomic E-state index is 13.3. The maximum Gasteiger partial charge on any atom is 0.336 e. The number of nitrogens with zero attached hydrogens (tertiary/aromatic N) is 1. The third kappa shape index (κ3) is 3.60. The molecule has 0 unspecified atom stereocenters. The standard InChI is InChI=1S/C24H24N2O3/c1-3-29-24(28)21-15(2)26-19-12-18(16-8-5-4-6-9-16)13-20(27)23(19)22(21)17-10-7-11-25-14-17/h4-11,14,18,22,26H,3,12-13H2,1-2H3/t18-,22+/m1/s1. The first kappa shape index (κ1) is 19.1. The van der Waals surface area contributed by atoms with Crippen molar-refractivity contribution in [3.05, 3.63) is 88.5 Å². The second kappa shape index (κ2) is 8.03. The highest BCUT2D eigenvalue weighted by Crippen LogP contribution is 2.45. The molecule has 1 aromatic heterocycles. The normalized spacial score (nSPS) is 21.5. The molecule has 0 saturated heterocycles. The van der Waals surface area contributed by atoms with Gasteiger partial charge in [0, 0.05) is 41.7 Å². The van der Waals surface area contributed by atoms with Crippen molar-refractivity contribution in [2.24, 2.45) is 0 Å². The molecule has 2 atom stereocenters. The molecule has 1 aromatic carbocycles. The van der Waals surface area contributed by atoms with Crippen LogP contribution in [-0.4, -0.2) is 23.3 Å². The number of allylic oxidation sites excluding steroid dienone is 3. The van der Waals surface area contributed by atoms with E-state index >= 15 is 0 Å². The van der Waals surface area contributed by atoms with Gasteiger partial charge in [0.15, 0.2) is 5.78 Å². The summed E-state index contributed by atoms with van der Waals surface area (Å²) in [7, 11) is 0. The number of hydrogen-bond acceptors (Lipinski definition) is 5. The Kier molecular flexibility index (Phi) is 5.30. The van der Waals surface area contributed by atoms with Crippen molar-refractivity contribution in [2.45, 2.75) is 38.5 Å². The molecule has 4 rings (SSSR count). The number of ether oxygens (including phenoxy) is 1. The lowest BCUT2D eigenvalue weighted by atomic mass is 9.72. The Morgan fingerprint density at radius 3 is 2.59 bits per heavy atom. The largest absolute Gasteiger partial charge is 0.463 e. The van der Waals surface area contributed by atoms with E-state index in [2.05, 4.69) is 22.4 Å². The summed E-state index contributed by atoms with van der Waals surface area (Å²) in [6.45, 7) is 3.94. The van der Waals surface area contributed by atoms with Crippen molar-refractivity contribution in [3.8, 4) is 0 Å². The van der Waals surface area contributed by atoms with E-state index in [1.54, 1.807) is 19.3 Å². The number of benzene rings is 1. The van der Waals surface area contributed by atoms with Gasteiger partial charge in [-0.05, 0) is 43.4 Å². The van der Waals surface area contributed by atoms with Crippen LogP contribution in [-0.2, 0) is 14.3 Å². The average Bonchev–Trinajstić information content (AvgIpc) is 2.74. The number of esters is 1. The highest BCUT2D eigenvalue weighted by atomic mass is 16.5. The molecule has 2 aromatic rings. The Labute approximate surface area is 170 Å². The number of rotatable bonds is 4. The maximum atomic E-state index is 13.3. The number of Topliss-reactive ketones (excluding diaryl/α,β-unsaturated/α-hetero) is 1. The molecule has 0 bridgehead atoms. The summed E-state index contributed by atoms with van der Waals surface area (Å²) in [5, 5.41) is 3.35. The summed E-state index contributed by atoms with van der Waals surface area (Å²) in [5.74, 6) is -0.656. The second-order valence-corrected chi connectivity index (χ2v) is 7.43. The molecular formula is C24H24N2O3. The average molecular weight is 388 g/mol. The van der Waals surface area contributed by atoms with Crippen molar-refractivity contribution in [1.29, 1.82) is 0 Å². The zero-order valence-corrected chi connectivity index (χ0v) is 16.6. The lowest BCUT2D eigenvalue weighted by Crippen LogP contribution is -2.36. The van der Waals surface area contributed by atoms with Gasteiger partial charge in [-0.3, -0.25) is 9.78 Å². The fourth-order valence-corrected chi connectivity index (χ4v) is 4.36. The van der Waals surface area contributed by atoms with E-state index in [0.29, 0.717) is 17.6 Å². The van der Waals surface area contributed by atoms with E-state index < -0.39 is 11.9 Å². The third-order valence-corrected chi connectivity index (χ3v) is 5.61. The van der Waals surface area contributed by atoms with Crippen molar-refractivity contribution < 1.29 is 14.3 Å². The predicted octanol–water partition coefficient (Wildman–Crippen LogP) is 4.01. The van der Waals surface area contributed by atoms with E-state index in [4.69, 9.17) is 4.74 Å². The predicted molar refractivity (Wildman–Crippen MR) is 110 cm³/mol. The minimum Gasteiger partial charge on any atom is -0.463 e. The van der Waals surface area contributed by atoms with Crippen LogP contribution in [0.5, 0.6) is 0 Å². The summed E-state index contributed by atoms with van der Waals surface area (Å²) in [5.41, 5.74) is 4.77. The van der Waals surface area contributed by atoms with Gasteiger partial charge in [0.1, 0.15) is 0 Å². The fraction of sp³-hybridized carbons (Fsp3) is 0.292. The van der Waals surface area contributed by atoms with Gasteiger partial charge in [-0.1, -0.05) is 36.4 Å². The molecular weight excluding hydrogens is 364 g/mol. The minimum absolute atomic E-state index is 0.0655. The number of pyridine rings is 1. The van der Waals surface area contributed by atoms with Gasteiger partial charge in [0.05, 0.1) is 12.2 Å². The Hall–Kier alpha value is -3.21. The Morgan fingerprint density at radius 2 is 1.90 bits per heavy atom. The van der Waals surface area contributed by atoms with Gasteiger partial charge >= 0.3 is 5.97 Å². The summed E-state index contributed by atoms with van der Waals surface area (Å²) in [6, 6.07) is 13.9. The van der Waals surface area contributed by atoms with E-state index in [1.165, 1.54) is 0 Å². The zero-order valence-electron chi connectivity index (χ0n) is 16.6. The topological polar surface area (TPSA) is 68.3 Å². The van der Waals surface area contributed by atoms with Gasteiger partial charge < -0.3 is 10.1 Å². The summed E-state index contributed by atoms with van der Waals surface area (Å²) in [4.78, 5) is 30.3. The number of carbonyl (C=O) groups is 2. The van der Waals surface area contributed by atoms with Crippen LogP contribution in [0.25, 0.3) is 0 Å². The summed E-state index contributed by atoms with van der Waals surface area (Å²) < 4.78 is 5.32. The van der Waals surface area contributed by atoms with Crippen LogP contribution in [0, 0.1) is 0 Å². The van der Waals surface area contributed by atoms with Gasteiger partial charge in [-0.25, -0.2) is 4.79 Å². The molecule has 2 aliphatic rings. The van der Waals surface area contributed by atoms with E-state index in [1.807, 2.05) is 37.3 Å². The first-order chi connectivity index (χ1) is 14.1. The Balaban J connectivity index is 1.79. The SMILES string of the molecule is CCOC(=O)C1=C(C)NC2=C(C(=O)C[C@H](c3ccccc3)C2)[C@H]1c1cccnc1. The number of hydrogen-bond donors (Lipinski definition) is 1. The number of aromatic nitrogens is 1. The van der Waals surface area contributed by atoms with Crippen molar-refractivity contribution in [3.63, 3.8) is 0 Å². The molecule has 5 heteroatoms. The number of dihydropyridines is 1. The van der Waals surface area contributed by atoms with Crippen LogP contribution in [0.1, 0.15) is 49.7 Å². The number of ketones is 1. The highest BCUT2D eigenvalue weighted by Gasteiger charge is 2.41. The molecule has 0 radical (unpaired) electrons. The van der Waals surface area contributed by atoms with Crippen molar-refractivity contribution >= 4 is 11.8 Å². The Morgan fingerprint density at radius 1 is 1.14 bits per heavy atom. The molecule has 5 nitrogen and oxygen atoms in total. The first-order valence-corrected chi connectivity index (χ1v) is 9.96. The second-order valence-electron chi connectivity index (χ2n) is 7.43. The molecule has 29 heavy (non-hydrogen) atoms. The van der Waals surface area contributed by atoms with Gasteiger partial charge in [0.2, 0.25) is 0 Å². The molecule has 0 spiro atoms. The van der Waals surface area contributed by atoms with Gasteiger partial charge in [0.25, 0.3) is 0 Å². The fourth-order valence-electron chi connectivity index (χ4n) is 4.36. The van der Waals surface area contributed by atoms with E-state index in [9.17, 15) is 9.59 Å². The quantitative estimate of drug-likeness (QED) is 0.802. The van der Waals surface area contributed by atoms with Crippen LogP contribution in [0.2, 0.25) is 0 Å². The number of carbonyl (C=O) groups excluding carboxylic acids is 2. The molecule has 0 fully saturated rings. The molecule has 0 saturated carbocycles. The van der Waals surface area contributed by atoms with E-state index in [0.717, 1.165) is 28.9 Å². The lowest BCUT2D eigenvalue weighted by molar-refractivity contribution is -0.138. The summed E-state index contributed by atoms with van der Waals surface area (Å²) in [6.07, 6.45) is 4.57. The minimum atomic E-state index is -0.455. The van der Waals surface area contributed by atoms with Crippen LogP contribution in [0.4, 0.5) is 0 Å². The molecule has 148 valence electrons. The first-order valence-electron chi connectivity index (χ1n) is 9.96.